The summed E-state index contributed by atoms with van der Waals surface area (Å²) in [5.74, 6) is 0. The Hall–Kier alpha value is 3.45. The van der Waals surface area contributed by atoms with E-state index >= 15 is 0 Å². The summed E-state index contributed by atoms with van der Waals surface area (Å²) in [7, 11) is 0. The van der Waals surface area contributed by atoms with Crippen LogP contribution >= 0.6 is 0 Å². The van der Waals surface area contributed by atoms with Gasteiger partial charge in [-0.05, 0) is 0 Å². The maximum absolute atomic E-state index is 8.58. The zero-order valence-corrected chi connectivity index (χ0v) is 15.7. The monoisotopic (exact) mass is 418 g/mol. The van der Waals surface area contributed by atoms with Crippen LogP contribution in [0.1, 0.15) is 0 Å². The van der Waals surface area contributed by atoms with Gasteiger partial charge in [0.25, 0.3) is 0 Å². The Labute approximate surface area is 149 Å². The molecular formula is CaO9Ti3Zr. The summed E-state index contributed by atoms with van der Waals surface area (Å²) in [5.41, 5.74) is 0. The van der Waals surface area contributed by atoms with Crippen LogP contribution in [-0.2, 0) is 92.0 Å². The molecule has 0 aliphatic carbocycles. The van der Waals surface area contributed by atoms with Crippen LogP contribution < -0.4 is 22.1 Å². The Balaban J connectivity index is -0.0000000270. The Morgan fingerprint density at radius 3 is 0.571 bits per heavy atom. The quantitative estimate of drug-likeness (QED) is 0.343. The van der Waals surface area contributed by atoms with E-state index in [2.05, 4.69) is 0 Å². The van der Waals surface area contributed by atoms with Gasteiger partial charge < -0.3 is 0 Å². The van der Waals surface area contributed by atoms with Crippen LogP contribution in [0.25, 0.3) is 0 Å². The molecule has 0 N–H and O–H groups in total. The van der Waals surface area contributed by atoms with Gasteiger partial charge in [0.2, 0.25) is 0 Å². The molecule has 0 amide bonds. The van der Waals surface area contributed by atoms with Gasteiger partial charge in [-0.25, -0.2) is 0 Å². The Morgan fingerprint density at radius 2 is 0.571 bits per heavy atom. The molecule has 0 unspecified atom stereocenters. The van der Waals surface area contributed by atoms with Crippen molar-refractivity contribution in [1.82, 2.24) is 0 Å². The molecule has 0 fully saturated rings. The molecular weight excluding hydrogens is 419 g/mol. The van der Waals surface area contributed by atoms with Crippen LogP contribution in [0.2, 0.25) is 0 Å². The Bertz CT molecular complexity index is 118. The molecule has 0 spiro atoms. The van der Waals surface area contributed by atoms with Gasteiger partial charge in [-0.1, -0.05) is 0 Å². The fraction of sp³-hybridized carbons (Fsp3) is 0. The second-order valence-electron chi connectivity index (χ2n) is 0.750. The van der Waals surface area contributed by atoms with E-state index in [9.17, 15) is 0 Å². The molecule has 0 atom stereocenters. The summed E-state index contributed by atoms with van der Waals surface area (Å²) in [6.07, 6.45) is 0. The number of rotatable bonds is 0. The third kappa shape index (κ3) is 271. The predicted octanol–water partition coefficient (Wildman–Crippen LogP) is -7.88. The maximum atomic E-state index is 8.58. The summed E-state index contributed by atoms with van der Waals surface area (Å²) in [6.45, 7) is 0. The van der Waals surface area contributed by atoms with Gasteiger partial charge in [-0.15, -0.1) is 0 Å². The smallest absolute Gasteiger partial charge is 4.00 e. The van der Waals surface area contributed by atoms with Crippen molar-refractivity contribution >= 4 is 37.7 Å². The van der Waals surface area contributed by atoms with Crippen molar-refractivity contribution in [3.05, 3.63) is 0 Å². The normalized spacial score (nSPS) is 5.57. The standard InChI is InChI=1S/Ca.9O.3Ti.Zr/q+2;;;;6*-1;;;;+4. The first-order valence-corrected chi connectivity index (χ1v) is 7.57. The molecule has 0 radical (unpaired) electrons. The number of hydrogen-bond donors (Lipinski definition) is 0. The molecule has 0 heterocycles. The summed E-state index contributed by atoms with van der Waals surface area (Å²) >= 11 is -12.2. The van der Waals surface area contributed by atoms with Gasteiger partial charge >= 0.3 is 152 Å². The molecule has 0 saturated heterocycles. The zero-order chi connectivity index (χ0) is 10.7. The van der Waals surface area contributed by atoms with Crippen molar-refractivity contribution in [3.63, 3.8) is 0 Å². The van der Waals surface area contributed by atoms with Gasteiger partial charge in [0.05, 0.1) is 0 Å². The molecule has 0 rings (SSSR count). The minimum absolute atomic E-state index is 0. The van der Waals surface area contributed by atoms with Gasteiger partial charge in [-0.2, -0.15) is 0 Å². The summed E-state index contributed by atoms with van der Waals surface area (Å²) in [5, 5.41) is 0. The topological polar surface area (TPSA) is 190 Å². The largest absolute Gasteiger partial charge is 4.00 e. The average Bonchev–Trinajstić information content (AvgIpc) is 1.54. The number of hydrogen-bond acceptors (Lipinski definition) is 9. The summed E-state index contributed by atoms with van der Waals surface area (Å²) < 4.78 is 77.2. The third-order valence-corrected chi connectivity index (χ3v) is 0. The summed E-state index contributed by atoms with van der Waals surface area (Å²) in [4.78, 5) is 0. The molecule has 0 bridgehead atoms. The van der Waals surface area contributed by atoms with Gasteiger partial charge in [0.15, 0.2) is 0 Å². The van der Waals surface area contributed by atoms with Crippen molar-refractivity contribution in [2.45, 2.75) is 0 Å². The third-order valence-electron chi connectivity index (χ3n) is 0. The van der Waals surface area contributed by atoms with E-state index < -0.39 is 55.8 Å². The first kappa shape index (κ1) is 30.5. The SMILES string of the molecule is [Ca+2].[O]=[Ti]([O-])[O-].[O]=[Ti]([O-])[O-].[O]=[Ti]([O-])[O-].[Zr+4]. The van der Waals surface area contributed by atoms with Crippen LogP contribution in [0.15, 0.2) is 0 Å². The maximum Gasteiger partial charge on any atom is 4.00 e. The molecule has 0 aliphatic rings. The van der Waals surface area contributed by atoms with Crippen LogP contribution in [0.5, 0.6) is 0 Å². The first-order chi connectivity index (χ1) is 5.20. The van der Waals surface area contributed by atoms with Gasteiger partial charge in [0, 0.05) is 0 Å². The zero-order valence-electron chi connectivity index (χ0n) is 6.38. The van der Waals surface area contributed by atoms with Gasteiger partial charge in [-0.3, -0.25) is 0 Å². The minimum atomic E-state index is -4.08. The van der Waals surface area contributed by atoms with Crippen LogP contribution in [0, 0.1) is 0 Å². The van der Waals surface area contributed by atoms with E-state index in [0.29, 0.717) is 0 Å². The van der Waals surface area contributed by atoms with E-state index in [0.717, 1.165) is 0 Å². The van der Waals surface area contributed by atoms with E-state index in [1.165, 1.54) is 0 Å². The minimum Gasteiger partial charge on any atom is 4.00 e. The van der Waals surface area contributed by atoms with Crippen molar-refractivity contribution < 1.29 is 114 Å². The van der Waals surface area contributed by atoms with E-state index in [-0.39, 0.29) is 63.9 Å². The second kappa shape index (κ2) is 25.3. The second-order valence-corrected chi connectivity index (χ2v) is 3.09. The molecule has 0 aromatic rings. The van der Waals surface area contributed by atoms with E-state index in [1.54, 1.807) is 0 Å². The van der Waals surface area contributed by atoms with E-state index in [4.69, 9.17) is 32.1 Å². The first-order valence-electron chi connectivity index (χ1n) is 1.84. The van der Waals surface area contributed by atoms with Gasteiger partial charge in [0.1, 0.15) is 0 Å². The molecule has 72 valence electrons. The molecule has 9 nitrogen and oxygen atoms in total. The van der Waals surface area contributed by atoms with Crippen molar-refractivity contribution in [3.8, 4) is 0 Å². The Kier molecular flexibility index (Phi) is 55.1. The van der Waals surface area contributed by atoms with Crippen LogP contribution in [-0.4, -0.2) is 37.7 Å². The molecule has 0 saturated carbocycles. The van der Waals surface area contributed by atoms with Crippen LogP contribution in [0.3, 0.4) is 0 Å². The predicted molar refractivity (Wildman–Crippen MR) is 7.81 cm³/mol. The van der Waals surface area contributed by atoms with Crippen molar-refractivity contribution in [2.75, 3.05) is 0 Å². The molecule has 14 heavy (non-hydrogen) atoms. The molecule has 14 heteroatoms. The molecule has 0 aromatic heterocycles. The Morgan fingerprint density at radius 1 is 0.571 bits per heavy atom. The van der Waals surface area contributed by atoms with Crippen molar-refractivity contribution in [1.29, 1.82) is 0 Å². The summed E-state index contributed by atoms with van der Waals surface area (Å²) in [6, 6.07) is 0. The molecule has 0 aromatic carbocycles. The molecule has 0 aliphatic heterocycles. The fourth-order valence-electron chi connectivity index (χ4n) is 0. The average molecular weight is 419 g/mol. The van der Waals surface area contributed by atoms with Crippen molar-refractivity contribution in [2.24, 2.45) is 0 Å². The fourth-order valence-corrected chi connectivity index (χ4v) is 0. The van der Waals surface area contributed by atoms with Crippen LogP contribution in [0.4, 0.5) is 0 Å². The van der Waals surface area contributed by atoms with E-state index in [1.807, 2.05) is 0 Å².